The average molecular weight is 409 g/mol. The summed E-state index contributed by atoms with van der Waals surface area (Å²) in [6.45, 7) is 4.02. The molecule has 0 saturated heterocycles. The highest BCUT2D eigenvalue weighted by atomic mass is 16.5. The van der Waals surface area contributed by atoms with Crippen LogP contribution in [-0.2, 0) is 9.53 Å². The summed E-state index contributed by atoms with van der Waals surface area (Å²) in [7, 11) is 7.23. The van der Waals surface area contributed by atoms with Gasteiger partial charge in [-0.3, -0.25) is 4.79 Å². The zero-order valence-electron chi connectivity index (χ0n) is 18.3. The van der Waals surface area contributed by atoms with E-state index in [-0.39, 0.29) is 12.5 Å². The molecule has 2 aromatic carbocycles. The van der Waals surface area contributed by atoms with E-state index in [1.165, 1.54) is 7.11 Å². The number of rotatable bonds is 7. The first kappa shape index (κ1) is 21.4. The molecule has 3 aromatic rings. The van der Waals surface area contributed by atoms with Gasteiger partial charge in [0.05, 0.1) is 5.69 Å². The minimum atomic E-state index is -0.474. The molecule has 0 unspecified atom stereocenters. The standard InChI is InChI=1S/C22H28N6O2/c1-15-8-7-9-16(2)20(15)28-22(23-24-25-28)21(27(5)19(29)14-30-6)17-10-12-18(13-11-17)26(3)4/h7-13,21H,14H2,1-6H3/t21-/m1/s1. The number of methoxy groups -OCH3 is 1. The molecule has 30 heavy (non-hydrogen) atoms. The van der Waals surface area contributed by atoms with Crippen LogP contribution in [0.25, 0.3) is 5.69 Å². The molecule has 3 rings (SSSR count). The number of hydrogen-bond acceptors (Lipinski definition) is 6. The van der Waals surface area contributed by atoms with Gasteiger partial charge in [0.25, 0.3) is 0 Å². The van der Waals surface area contributed by atoms with Crippen molar-refractivity contribution in [3.8, 4) is 5.69 Å². The summed E-state index contributed by atoms with van der Waals surface area (Å²) in [6, 6.07) is 13.6. The number of nitrogens with zero attached hydrogens (tertiary/aromatic N) is 6. The molecule has 0 aliphatic heterocycles. The fourth-order valence-electron chi connectivity index (χ4n) is 3.53. The molecule has 1 atom stereocenters. The van der Waals surface area contributed by atoms with E-state index in [2.05, 4.69) is 15.5 Å². The number of ether oxygens (including phenoxy) is 1. The van der Waals surface area contributed by atoms with Crippen molar-refractivity contribution in [1.29, 1.82) is 0 Å². The van der Waals surface area contributed by atoms with Crippen molar-refractivity contribution in [2.24, 2.45) is 0 Å². The van der Waals surface area contributed by atoms with Gasteiger partial charge in [-0.1, -0.05) is 30.3 Å². The number of carbonyl (C=O) groups excluding carboxylic acids is 1. The number of aryl methyl sites for hydroxylation is 2. The summed E-state index contributed by atoms with van der Waals surface area (Å²) in [6.07, 6.45) is 0. The van der Waals surface area contributed by atoms with Crippen LogP contribution in [0.4, 0.5) is 5.69 Å². The van der Waals surface area contributed by atoms with Crippen LogP contribution in [0.2, 0.25) is 0 Å². The normalized spacial score (nSPS) is 11.9. The van der Waals surface area contributed by atoms with Gasteiger partial charge in [-0.25, -0.2) is 0 Å². The van der Waals surface area contributed by atoms with Gasteiger partial charge in [-0.15, -0.1) is 5.10 Å². The minimum absolute atomic E-state index is 0.0201. The van der Waals surface area contributed by atoms with Crippen molar-refractivity contribution < 1.29 is 9.53 Å². The lowest BCUT2D eigenvalue weighted by molar-refractivity contribution is -0.135. The van der Waals surface area contributed by atoms with Crippen LogP contribution in [0, 0.1) is 13.8 Å². The summed E-state index contributed by atoms with van der Waals surface area (Å²) in [5.41, 5.74) is 5.00. The molecule has 0 bridgehead atoms. The second-order valence-corrected chi connectivity index (χ2v) is 7.52. The van der Waals surface area contributed by atoms with E-state index in [9.17, 15) is 4.79 Å². The zero-order chi connectivity index (χ0) is 21.8. The van der Waals surface area contributed by atoms with Gasteiger partial charge < -0.3 is 14.5 Å². The molecule has 0 radical (unpaired) electrons. The summed E-state index contributed by atoms with van der Waals surface area (Å²) >= 11 is 0. The van der Waals surface area contributed by atoms with Gasteiger partial charge in [0, 0.05) is 33.9 Å². The van der Waals surface area contributed by atoms with E-state index >= 15 is 0 Å². The van der Waals surface area contributed by atoms with E-state index in [0.29, 0.717) is 5.82 Å². The first-order chi connectivity index (χ1) is 14.3. The fraction of sp³-hybridized carbons (Fsp3) is 0.364. The molecule has 0 aliphatic carbocycles. The van der Waals surface area contributed by atoms with Crippen molar-refractivity contribution in [3.05, 3.63) is 65.0 Å². The monoisotopic (exact) mass is 408 g/mol. The van der Waals surface area contributed by atoms with Gasteiger partial charge in [-0.05, 0) is 53.1 Å². The van der Waals surface area contributed by atoms with E-state index in [1.54, 1.807) is 16.6 Å². The molecule has 0 fully saturated rings. The number of tetrazole rings is 1. The molecule has 0 aliphatic rings. The maximum Gasteiger partial charge on any atom is 0.249 e. The highest BCUT2D eigenvalue weighted by molar-refractivity contribution is 5.78. The van der Waals surface area contributed by atoms with Gasteiger partial charge in [0.1, 0.15) is 12.6 Å². The maximum absolute atomic E-state index is 12.7. The van der Waals surface area contributed by atoms with Crippen molar-refractivity contribution >= 4 is 11.6 Å². The molecular weight excluding hydrogens is 380 g/mol. The fourth-order valence-corrected chi connectivity index (χ4v) is 3.53. The third-order valence-corrected chi connectivity index (χ3v) is 5.16. The van der Waals surface area contributed by atoms with E-state index in [4.69, 9.17) is 4.74 Å². The lowest BCUT2D eigenvalue weighted by Crippen LogP contribution is -2.36. The molecule has 1 amide bonds. The van der Waals surface area contributed by atoms with Gasteiger partial charge in [0.15, 0.2) is 5.82 Å². The number of amides is 1. The first-order valence-electron chi connectivity index (χ1n) is 9.72. The third-order valence-electron chi connectivity index (χ3n) is 5.16. The Morgan fingerprint density at radius 2 is 1.70 bits per heavy atom. The third kappa shape index (κ3) is 4.18. The number of carbonyl (C=O) groups is 1. The number of hydrogen-bond donors (Lipinski definition) is 0. The Labute approximate surface area is 177 Å². The SMILES string of the molecule is COCC(=O)N(C)[C@H](c1ccc(N(C)C)cc1)c1nnnn1-c1c(C)cccc1C. The van der Waals surface area contributed by atoms with Crippen molar-refractivity contribution in [1.82, 2.24) is 25.1 Å². The Balaban J connectivity index is 2.15. The van der Waals surface area contributed by atoms with Crippen LogP contribution >= 0.6 is 0 Å². The van der Waals surface area contributed by atoms with Crippen LogP contribution in [0.15, 0.2) is 42.5 Å². The molecule has 0 spiro atoms. The molecular formula is C22H28N6O2. The molecule has 0 saturated carbocycles. The van der Waals surface area contributed by atoms with Gasteiger partial charge in [-0.2, -0.15) is 4.68 Å². The molecule has 0 N–H and O–H groups in total. The largest absolute Gasteiger partial charge is 0.378 e. The Morgan fingerprint density at radius 1 is 1.07 bits per heavy atom. The summed E-state index contributed by atoms with van der Waals surface area (Å²) < 4.78 is 6.80. The maximum atomic E-state index is 12.7. The zero-order valence-corrected chi connectivity index (χ0v) is 18.3. The van der Waals surface area contributed by atoms with Crippen molar-refractivity contribution in [2.75, 3.05) is 39.8 Å². The quantitative estimate of drug-likeness (QED) is 0.598. The van der Waals surface area contributed by atoms with Crippen LogP contribution in [-0.4, -0.2) is 65.9 Å². The van der Waals surface area contributed by atoms with Crippen LogP contribution in [0.5, 0.6) is 0 Å². The second kappa shape index (κ2) is 9.04. The van der Waals surface area contributed by atoms with E-state index in [1.807, 2.05) is 75.3 Å². The number of likely N-dealkylation sites (N-methyl/N-ethyl adjacent to an activating group) is 1. The summed E-state index contributed by atoms with van der Waals surface area (Å²) in [5.74, 6) is 0.409. The Morgan fingerprint density at radius 3 is 2.27 bits per heavy atom. The summed E-state index contributed by atoms with van der Waals surface area (Å²) in [4.78, 5) is 16.4. The lowest BCUT2D eigenvalue weighted by Gasteiger charge is -2.28. The molecule has 158 valence electrons. The highest BCUT2D eigenvalue weighted by Crippen LogP contribution is 2.30. The van der Waals surface area contributed by atoms with E-state index in [0.717, 1.165) is 28.1 Å². The van der Waals surface area contributed by atoms with Crippen molar-refractivity contribution in [2.45, 2.75) is 19.9 Å². The van der Waals surface area contributed by atoms with Crippen LogP contribution < -0.4 is 4.90 Å². The predicted octanol–water partition coefficient (Wildman–Crippen LogP) is 2.54. The molecule has 1 aromatic heterocycles. The first-order valence-corrected chi connectivity index (χ1v) is 9.72. The van der Waals surface area contributed by atoms with Crippen LogP contribution in [0.1, 0.15) is 28.6 Å². The number of para-hydroxylation sites is 1. The van der Waals surface area contributed by atoms with Gasteiger partial charge in [0.2, 0.25) is 5.91 Å². The number of anilines is 1. The highest BCUT2D eigenvalue weighted by Gasteiger charge is 2.30. The molecule has 8 nitrogen and oxygen atoms in total. The number of benzene rings is 2. The predicted molar refractivity (Wildman–Crippen MR) is 116 cm³/mol. The van der Waals surface area contributed by atoms with Gasteiger partial charge >= 0.3 is 0 Å². The Bertz CT molecular complexity index is 992. The summed E-state index contributed by atoms with van der Waals surface area (Å²) in [5, 5.41) is 12.5. The molecule has 1 heterocycles. The topological polar surface area (TPSA) is 76.4 Å². The lowest BCUT2D eigenvalue weighted by atomic mass is 10.0. The second-order valence-electron chi connectivity index (χ2n) is 7.52. The minimum Gasteiger partial charge on any atom is -0.378 e. The average Bonchev–Trinajstić information content (AvgIpc) is 3.17. The van der Waals surface area contributed by atoms with E-state index < -0.39 is 6.04 Å². The Hall–Kier alpha value is -3.26. The Kier molecular flexibility index (Phi) is 6.47. The smallest absolute Gasteiger partial charge is 0.249 e. The molecule has 8 heteroatoms. The number of aromatic nitrogens is 4. The van der Waals surface area contributed by atoms with Crippen LogP contribution in [0.3, 0.4) is 0 Å². The van der Waals surface area contributed by atoms with Crippen molar-refractivity contribution in [3.63, 3.8) is 0 Å².